The highest BCUT2D eigenvalue weighted by atomic mass is 16.5. The highest BCUT2D eigenvalue weighted by Gasteiger charge is 2.54. The summed E-state index contributed by atoms with van der Waals surface area (Å²) in [6.07, 6.45) is 2.66. The van der Waals surface area contributed by atoms with E-state index in [9.17, 15) is 14.4 Å². The average molecular weight is 528 g/mol. The minimum absolute atomic E-state index is 0.0343. The molecule has 1 aliphatic rings. The lowest BCUT2D eigenvalue weighted by Gasteiger charge is -2.39. The molecule has 1 unspecified atom stereocenters. The van der Waals surface area contributed by atoms with Crippen molar-refractivity contribution in [1.29, 1.82) is 0 Å². The first-order valence-corrected chi connectivity index (χ1v) is 13.7. The minimum atomic E-state index is -0.658. The lowest BCUT2D eigenvalue weighted by Crippen LogP contribution is -2.59. The molecule has 38 heavy (non-hydrogen) atoms. The average Bonchev–Trinajstić information content (AvgIpc) is 3.47. The summed E-state index contributed by atoms with van der Waals surface area (Å²) < 4.78 is 5.14. The molecule has 0 aliphatic heterocycles. The molecule has 4 atom stereocenters. The van der Waals surface area contributed by atoms with Crippen LogP contribution in [-0.4, -0.2) is 73.5 Å². The van der Waals surface area contributed by atoms with E-state index in [4.69, 9.17) is 4.74 Å². The Bertz CT molecular complexity index is 1010. The maximum absolute atomic E-state index is 14.0. The third-order valence-corrected chi connectivity index (χ3v) is 8.02. The predicted octanol–water partition coefficient (Wildman–Crippen LogP) is 4.42. The highest BCUT2D eigenvalue weighted by molar-refractivity contribution is 5.92. The molecule has 7 nitrogen and oxygen atoms in total. The zero-order valence-corrected chi connectivity index (χ0v) is 25.3. The third kappa shape index (κ3) is 7.25. The Morgan fingerprint density at radius 2 is 1.68 bits per heavy atom. The second-order valence-electron chi connectivity index (χ2n) is 12.5. The molecule has 2 rings (SSSR count). The van der Waals surface area contributed by atoms with Crippen molar-refractivity contribution in [2.24, 2.45) is 17.3 Å². The molecule has 1 aromatic carbocycles. The first kappa shape index (κ1) is 31.5. The maximum atomic E-state index is 14.0. The molecular weight excluding hydrogens is 478 g/mol. The number of ether oxygens (including phenoxy) is 1. The highest BCUT2D eigenvalue weighted by Crippen LogP contribution is 2.54. The van der Waals surface area contributed by atoms with Gasteiger partial charge in [0.05, 0.1) is 18.7 Å². The van der Waals surface area contributed by atoms with E-state index in [1.54, 1.807) is 31.9 Å². The molecule has 7 heteroatoms. The standard InChI is InChI=1S/C31H49N3O4/c1-12-38-29(37)21(4)18-24(20(2)3)34(11)28(36)25(23-19-30(23,5)6)32-27(35)26(33(9)10)31(7,8)22-16-14-13-15-17-22/h13-18,20,23-26H,12,19H2,1-11H3,(H,32,35)/b21-18+/t23?,24-,25+,26-/m1/s1. The molecule has 0 aromatic heterocycles. The van der Waals surface area contributed by atoms with Crippen LogP contribution in [0.1, 0.15) is 67.4 Å². The number of carbonyl (C=O) groups excluding carboxylic acids is 3. The molecule has 0 heterocycles. The molecule has 1 aromatic rings. The summed E-state index contributed by atoms with van der Waals surface area (Å²) in [5.41, 5.74) is 0.990. The van der Waals surface area contributed by atoms with Crippen LogP contribution in [0.25, 0.3) is 0 Å². The van der Waals surface area contributed by atoms with Crippen molar-refractivity contribution in [3.05, 3.63) is 47.5 Å². The van der Waals surface area contributed by atoms with Crippen molar-refractivity contribution >= 4 is 17.8 Å². The first-order valence-electron chi connectivity index (χ1n) is 13.7. The van der Waals surface area contributed by atoms with Gasteiger partial charge in [-0.3, -0.25) is 14.5 Å². The van der Waals surface area contributed by atoms with Gasteiger partial charge in [-0.15, -0.1) is 0 Å². The number of benzene rings is 1. The summed E-state index contributed by atoms with van der Waals surface area (Å²) in [5, 5.41) is 3.18. The van der Waals surface area contributed by atoms with Gasteiger partial charge in [0.1, 0.15) is 6.04 Å². The van der Waals surface area contributed by atoms with Crippen molar-refractivity contribution in [3.8, 4) is 0 Å². The molecule has 2 amide bonds. The summed E-state index contributed by atoms with van der Waals surface area (Å²) >= 11 is 0. The first-order chi connectivity index (χ1) is 17.6. The van der Waals surface area contributed by atoms with Crippen LogP contribution in [0, 0.1) is 17.3 Å². The number of esters is 1. The molecule has 1 saturated carbocycles. The number of nitrogens with zero attached hydrogens (tertiary/aromatic N) is 2. The summed E-state index contributed by atoms with van der Waals surface area (Å²) in [7, 11) is 5.56. The van der Waals surface area contributed by atoms with Gasteiger partial charge >= 0.3 is 5.97 Å². The van der Waals surface area contributed by atoms with Crippen LogP contribution in [0.15, 0.2) is 42.0 Å². The summed E-state index contributed by atoms with van der Waals surface area (Å²) in [5.74, 6) is -0.604. The number of amides is 2. The fourth-order valence-corrected chi connectivity index (χ4v) is 5.56. The van der Waals surface area contributed by atoms with Crippen molar-refractivity contribution in [2.45, 2.75) is 85.4 Å². The molecule has 0 saturated heterocycles. The quantitative estimate of drug-likeness (QED) is 0.322. The summed E-state index contributed by atoms with van der Waals surface area (Å²) in [6, 6.07) is 8.53. The van der Waals surface area contributed by atoms with Crippen molar-refractivity contribution in [2.75, 3.05) is 27.7 Å². The third-order valence-electron chi connectivity index (χ3n) is 8.02. The van der Waals surface area contributed by atoms with E-state index in [1.165, 1.54) is 0 Å². The van der Waals surface area contributed by atoms with Gasteiger partial charge in [0, 0.05) is 18.0 Å². The molecule has 212 valence electrons. The van der Waals surface area contributed by atoms with Crippen molar-refractivity contribution in [3.63, 3.8) is 0 Å². The van der Waals surface area contributed by atoms with Crippen molar-refractivity contribution < 1.29 is 19.1 Å². The van der Waals surface area contributed by atoms with E-state index in [0.29, 0.717) is 12.2 Å². The molecule has 1 aliphatic carbocycles. The summed E-state index contributed by atoms with van der Waals surface area (Å²) in [6.45, 7) is 16.2. The normalized spacial score (nSPS) is 19.5. The second kappa shape index (κ2) is 12.5. The van der Waals surface area contributed by atoms with E-state index < -0.39 is 17.5 Å². The summed E-state index contributed by atoms with van der Waals surface area (Å²) in [4.78, 5) is 43.8. The van der Waals surface area contributed by atoms with Crippen LogP contribution in [0.2, 0.25) is 0 Å². The Hall–Kier alpha value is -2.67. The van der Waals surface area contributed by atoms with Crippen LogP contribution in [0.3, 0.4) is 0 Å². The fourth-order valence-electron chi connectivity index (χ4n) is 5.56. The largest absolute Gasteiger partial charge is 0.463 e. The van der Waals surface area contributed by atoms with Crippen LogP contribution in [0.4, 0.5) is 0 Å². The molecule has 0 spiro atoms. The lowest BCUT2D eigenvalue weighted by molar-refractivity contribution is -0.140. The number of nitrogens with one attached hydrogen (secondary N) is 1. The molecule has 1 N–H and O–H groups in total. The number of hydrogen-bond donors (Lipinski definition) is 1. The number of likely N-dealkylation sites (N-methyl/N-ethyl adjacent to an activating group) is 2. The van der Waals surface area contributed by atoms with Crippen LogP contribution < -0.4 is 5.32 Å². The Kier molecular flexibility index (Phi) is 10.3. The number of rotatable bonds is 12. The smallest absolute Gasteiger partial charge is 0.333 e. The van der Waals surface area contributed by atoms with Gasteiger partial charge in [0.15, 0.2) is 0 Å². The van der Waals surface area contributed by atoms with Gasteiger partial charge in [-0.25, -0.2) is 4.79 Å². The SMILES string of the molecule is CCOC(=O)/C(C)=C/[C@H](C(C)C)N(C)C(=O)[C@@H](NC(=O)[C@@H](N(C)C)C(C)(C)c1ccccc1)C1CC1(C)C. The predicted molar refractivity (Wildman–Crippen MR) is 153 cm³/mol. The number of hydrogen-bond acceptors (Lipinski definition) is 5. The number of carbonyl (C=O) groups is 3. The van der Waals surface area contributed by atoms with Gasteiger partial charge < -0.3 is 15.0 Å². The van der Waals surface area contributed by atoms with Gasteiger partial charge in [-0.2, -0.15) is 0 Å². The fraction of sp³-hybridized carbons (Fsp3) is 0.645. The van der Waals surface area contributed by atoms with Crippen LogP contribution in [-0.2, 0) is 24.5 Å². The molecule has 0 bridgehead atoms. The zero-order valence-electron chi connectivity index (χ0n) is 25.3. The zero-order chi connectivity index (χ0) is 29.0. The van der Waals surface area contributed by atoms with Gasteiger partial charge in [0.2, 0.25) is 11.8 Å². The maximum Gasteiger partial charge on any atom is 0.333 e. The Labute approximate surface area is 230 Å². The van der Waals surface area contributed by atoms with E-state index in [1.807, 2.05) is 63.2 Å². The van der Waals surface area contributed by atoms with Crippen molar-refractivity contribution in [1.82, 2.24) is 15.1 Å². The lowest BCUT2D eigenvalue weighted by atomic mass is 9.76. The van der Waals surface area contributed by atoms with E-state index in [0.717, 1.165) is 12.0 Å². The van der Waals surface area contributed by atoms with Gasteiger partial charge in [0.25, 0.3) is 0 Å². The van der Waals surface area contributed by atoms with Crippen LogP contribution in [0.5, 0.6) is 0 Å². The van der Waals surface area contributed by atoms with E-state index in [-0.39, 0.29) is 41.1 Å². The topological polar surface area (TPSA) is 79.0 Å². The van der Waals surface area contributed by atoms with Crippen LogP contribution >= 0.6 is 0 Å². The second-order valence-corrected chi connectivity index (χ2v) is 12.5. The molecular formula is C31H49N3O4. The molecule has 0 radical (unpaired) electrons. The Morgan fingerprint density at radius 3 is 2.13 bits per heavy atom. The Morgan fingerprint density at radius 1 is 1.13 bits per heavy atom. The molecule has 1 fully saturated rings. The Balaban J connectivity index is 2.39. The van der Waals surface area contributed by atoms with E-state index in [2.05, 4.69) is 33.0 Å². The minimum Gasteiger partial charge on any atom is -0.463 e. The van der Waals surface area contributed by atoms with Gasteiger partial charge in [-0.1, -0.05) is 78.0 Å². The van der Waals surface area contributed by atoms with E-state index >= 15 is 0 Å². The monoisotopic (exact) mass is 527 g/mol. The van der Waals surface area contributed by atoms with Gasteiger partial charge in [-0.05, 0) is 57.2 Å².